The van der Waals surface area contributed by atoms with Crippen molar-refractivity contribution in [2.24, 2.45) is 0 Å². The first kappa shape index (κ1) is 17.9. The monoisotopic (exact) mass is 331 g/mol. The molecule has 0 bridgehead atoms. The molecule has 0 saturated carbocycles. The molecule has 2 rings (SSSR count). The Kier molecular flexibility index (Phi) is 6.75. The molecule has 0 radical (unpaired) electrons. The molecule has 24 heavy (non-hydrogen) atoms. The molecule has 0 aliphatic heterocycles. The van der Waals surface area contributed by atoms with Gasteiger partial charge in [-0.2, -0.15) is 0 Å². The minimum atomic E-state index is -0.451. The standard InChI is InChI=1S/C19H22FNO3/c1-3-23-19(22)12-17(21-2)15-9-10-18(16(20)11-15)24-13-14-7-5-4-6-8-14/h4-11,17,21H,3,12-13H2,1-2H3. The van der Waals surface area contributed by atoms with E-state index < -0.39 is 5.82 Å². The minimum absolute atomic E-state index is 0.147. The Bertz CT molecular complexity index is 661. The Morgan fingerprint density at radius 2 is 1.96 bits per heavy atom. The summed E-state index contributed by atoms with van der Waals surface area (Å²) in [5.74, 6) is -0.581. The maximum absolute atomic E-state index is 14.3. The van der Waals surface area contributed by atoms with Crippen molar-refractivity contribution in [2.45, 2.75) is 26.0 Å². The van der Waals surface area contributed by atoms with Gasteiger partial charge in [0.15, 0.2) is 11.6 Å². The minimum Gasteiger partial charge on any atom is -0.486 e. The number of hydrogen-bond donors (Lipinski definition) is 1. The number of rotatable bonds is 8. The topological polar surface area (TPSA) is 47.6 Å². The van der Waals surface area contributed by atoms with E-state index in [9.17, 15) is 9.18 Å². The molecule has 5 heteroatoms. The van der Waals surface area contributed by atoms with Gasteiger partial charge in [-0.05, 0) is 37.2 Å². The van der Waals surface area contributed by atoms with Crippen molar-refractivity contribution in [3.05, 3.63) is 65.5 Å². The van der Waals surface area contributed by atoms with Gasteiger partial charge in [0.25, 0.3) is 0 Å². The summed E-state index contributed by atoms with van der Waals surface area (Å²) >= 11 is 0. The fourth-order valence-corrected chi connectivity index (χ4v) is 2.36. The van der Waals surface area contributed by atoms with Crippen LogP contribution in [0.4, 0.5) is 4.39 Å². The predicted octanol–water partition coefficient (Wildman–Crippen LogP) is 3.62. The summed E-state index contributed by atoms with van der Waals surface area (Å²) in [6, 6.07) is 14.0. The molecular formula is C19H22FNO3. The van der Waals surface area contributed by atoms with E-state index in [0.29, 0.717) is 18.8 Å². The molecular weight excluding hydrogens is 309 g/mol. The number of nitrogens with one attached hydrogen (secondary N) is 1. The highest BCUT2D eigenvalue weighted by Crippen LogP contribution is 2.24. The summed E-state index contributed by atoms with van der Waals surface area (Å²) in [7, 11) is 1.72. The van der Waals surface area contributed by atoms with Gasteiger partial charge in [0.1, 0.15) is 6.61 Å². The first-order valence-corrected chi connectivity index (χ1v) is 7.93. The lowest BCUT2D eigenvalue weighted by Crippen LogP contribution is -2.21. The molecule has 1 unspecified atom stereocenters. The van der Waals surface area contributed by atoms with Gasteiger partial charge >= 0.3 is 5.97 Å². The van der Waals surface area contributed by atoms with E-state index in [0.717, 1.165) is 5.56 Å². The molecule has 1 atom stereocenters. The Morgan fingerprint density at radius 3 is 2.58 bits per heavy atom. The SMILES string of the molecule is CCOC(=O)CC(NC)c1ccc(OCc2ccccc2)c(F)c1. The summed E-state index contributed by atoms with van der Waals surface area (Å²) in [5, 5.41) is 3.00. The lowest BCUT2D eigenvalue weighted by Gasteiger charge is -2.17. The van der Waals surface area contributed by atoms with Gasteiger partial charge in [-0.15, -0.1) is 0 Å². The Hall–Kier alpha value is -2.40. The smallest absolute Gasteiger partial charge is 0.307 e. The van der Waals surface area contributed by atoms with E-state index in [1.165, 1.54) is 6.07 Å². The molecule has 0 spiro atoms. The summed E-state index contributed by atoms with van der Waals surface area (Å²) < 4.78 is 24.7. The lowest BCUT2D eigenvalue weighted by atomic mass is 10.0. The maximum Gasteiger partial charge on any atom is 0.307 e. The van der Waals surface area contributed by atoms with Crippen molar-refractivity contribution >= 4 is 5.97 Å². The van der Waals surface area contributed by atoms with Crippen LogP contribution in [0, 0.1) is 5.82 Å². The third-order valence-electron chi connectivity index (χ3n) is 3.62. The van der Waals surface area contributed by atoms with E-state index in [-0.39, 0.29) is 24.2 Å². The number of benzene rings is 2. The van der Waals surface area contributed by atoms with Crippen LogP contribution in [0.2, 0.25) is 0 Å². The number of halogens is 1. The van der Waals surface area contributed by atoms with E-state index in [1.54, 1.807) is 26.1 Å². The van der Waals surface area contributed by atoms with Crippen LogP contribution in [0.15, 0.2) is 48.5 Å². The van der Waals surface area contributed by atoms with Crippen LogP contribution in [0.3, 0.4) is 0 Å². The van der Waals surface area contributed by atoms with Crippen LogP contribution in [0.25, 0.3) is 0 Å². The molecule has 0 aliphatic carbocycles. The highest BCUT2D eigenvalue weighted by atomic mass is 19.1. The van der Waals surface area contributed by atoms with Crippen molar-refractivity contribution < 1.29 is 18.7 Å². The Labute approximate surface area is 141 Å². The van der Waals surface area contributed by atoms with E-state index in [1.807, 2.05) is 30.3 Å². The van der Waals surface area contributed by atoms with Crippen LogP contribution in [0.5, 0.6) is 5.75 Å². The fraction of sp³-hybridized carbons (Fsp3) is 0.316. The number of carbonyl (C=O) groups excluding carboxylic acids is 1. The van der Waals surface area contributed by atoms with Crippen molar-refractivity contribution in [3.63, 3.8) is 0 Å². The van der Waals surface area contributed by atoms with Crippen molar-refractivity contribution in [1.82, 2.24) is 5.32 Å². The molecule has 1 N–H and O–H groups in total. The second kappa shape index (κ2) is 9.03. The molecule has 2 aromatic rings. The van der Waals surface area contributed by atoms with Crippen molar-refractivity contribution in [3.8, 4) is 5.75 Å². The average Bonchev–Trinajstić information content (AvgIpc) is 2.60. The van der Waals surface area contributed by atoms with Gasteiger partial charge in [-0.1, -0.05) is 36.4 Å². The second-order valence-corrected chi connectivity index (χ2v) is 5.31. The van der Waals surface area contributed by atoms with Gasteiger partial charge in [-0.25, -0.2) is 4.39 Å². The zero-order valence-electron chi connectivity index (χ0n) is 13.9. The first-order chi connectivity index (χ1) is 11.6. The number of esters is 1. The molecule has 0 fully saturated rings. The molecule has 2 aromatic carbocycles. The van der Waals surface area contributed by atoms with Gasteiger partial charge in [0.2, 0.25) is 0 Å². The first-order valence-electron chi connectivity index (χ1n) is 7.93. The van der Waals surface area contributed by atoms with Gasteiger partial charge in [-0.3, -0.25) is 4.79 Å². The number of ether oxygens (including phenoxy) is 2. The normalized spacial score (nSPS) is 11.8. The maximum atomic E-state index is 14.3. The lowest BCUT2D eigenvalue weighted by molar-refractivity contribution is -0.143. The summed E-state index contributed by atoms with van der Waals surface area (Å²) in [6.45, 7) is 2.39. The fourth-order valence-electron chi connectivity index (χ4n) is 2.36. The van der Waals surface area contributed by atoms with E-state index in [2.05, 4.69) is 5.32 Å². The molecule has 0 saturated heterocycles. The largest absolute Gasteiger partial charge is 0.486 e. The van der Waals surface area contributed by atoms with Crippen LogP contribution >= 0.6 is 0 Å². The second-order valence-electron chi connectivity index (χ2n) is 5.31. The number of hydrogen-bond acceptors (Lipinski definition) is 4. The van der Waals surface area contributed by atoms with E-state index >= 15 is 0 Å². The van der Waals surface area contributed by atoms with Crippen LogP contribution in [-0.2, 0) is 16.1 Å². The highest BCUT2D eigenvalue weighted by Gasteiger charge is 2.17. The Balaban J connectivity index is 2.03. The molecule has 128 valence electrons. The average molecular weight is 331 g/mol. The Morgan fingerprint density at radius 1 is 1.21 bits per heavy atom. The quantitative estimate of drug-likeness (QED) is 0.751. The van der Waals surface area contributed by atoms with Gasteiger partial charge in [0, 0.05) is 6.04 Å². The van der Waals surface area contributed by atoms with Gasteiger partial charge < -0.3 is 14.8 Å². The zero-order valence-corrected chi connectivity index (χ0v) is 13.9. The predicted molar refractivity (Wildman–Crippen MR) is 90.2 cm³/mol. The van der Waals surface area contributed by atoms with Crippen LogP contribution in [-0.4, -0.2) is 19.6 Å². The van der Waals surface area contributed by atoms with Crippen LogP contribution in [0.1, 0.15) is 30.5 Å². The molecule has 4 nitrogen and oxygen atoms in total. The third kappa shape index (κ3) is 5.06. The van der Waals surface area contributed by atoms with Crippen LogP contribution < -0.4 is 10.1 Å². The van der Waals surface area contributed by atoms with Gasteiger partial charge in [0.05, 0.1) is 13.0 Å². The molecule has 0 heterocycles. The van der Waals surface area contributed by atoms with E-state index in [4.69, 9.17) is 9.47 Å². The molecule has 0 amide bonds. The highest BCUT2D eigenvalue weighted by molar-refractivity contribution is 5.70. The third-order valence-corrected chi connectivity index (χ3v) is 3.62. The van der Waals surface area contributed by atoms with Crippen molar-refractivity contribution in [1.29, 1.82) is 0 Å². The summed E-state index contributed by atoms with van der Waals surface area (Å²) in [5.41, 5.74) is 1.64. The zero-order chi connectivity index (χ0) is 17.4. The summed E-state index contributed by atoms with van der Waals surface area (Å²) in [6.07, 6.45) is 0.147. The number of carbonyl (C=O) groups is 1. The molecule has 0 aromatic heterocycles. The molecule has 0 aliphatic rings. The summed E-state index contributed by atoms with van der Waals surface area (Å²) in [4.78, 5) is 11.6. The van der Waals surface area contributed by atoms with Crippen molar-refractivity contribution in [2.75, 3.05) is 13.7 Å².